The number of unbranched alkanes of at least 4 members (excludes halogenated alkanes) is 1. The Bertz CT molecular complexity index is 280. The average Bonchev–Trinajstić information content (AvgIpc) is 2.72. The molecule has 1 unspecified atom stereocenters. The lowest BCUT2D eigenvalue weighted by Crippen LogP contribution is -2.26. The van der Waals surface area contributed by atoms with Gasteiger partial charge in [-0.1, -0.05) is 26.7 Å². The summed E-state index contributed by atoms with van der Waals surface area (Å²) in [6.07, 6.45) is 8.90. The maximum Gasteiger partial charge on any atom is 0.0948 e. The van der Waals surface area contributed by atoms with Crippen LogP contribution in [0.1, 0.15) is 52.1 Å². The molecule has 0 bridgehead atoms. The highest BCUT2D eigenvalue weighted by Crippen LogP contribution is 2.04. The van der Waals surface area contributed by atoms with Gasteiger partial charge in [-0.15, -0.1) is 0 Å². The summed E-state index contributed by atoms with van der Waals surface area (Å²) in [5.41, 5.74) is 1.30. The third kappa shape index (κ3) is 4.35. The van der Waals surface area contributed by atoms with Crippen molar-refractivity contribution in [2.24, 2.45) is 0 Å². The Morgan fingerprint density at radius 1 is 1.38 bits per heavy atom. The maximum absolute atomic E-state index is 4.20. The topological polar surface area (TPSA) is 29.9 Å². The molecule has 1 heterocycles. The van der Waals surface area contributed by atoms with Crippen LogP contribution in [0.3, 0.4) is 0 Å². The first-order valence-electron chi connectivity index (χ1n) is 6.50. The van der Waals surface area contributed by atoms with E-state index in [1.54, 1.807) is 0 Å². The van der Waals surface area contributed by atoms with E-state index in [1.807, 2.05) is 12.5 Å². The minimum atomic E-state index is 0.602. The molecule has 3 nitrogen and oxygen atoms in total. The van der Waals surface area contributed by atoms with Crippen molar-refractivity contribution in [1.82, 2.24) is 14.9 Å². The van der Waals surface area contributed by atoms with Crippen molar-refractivity contribution in [2.75, 3.05) is 0 Å². The summed E-state index contributed by atoms with van der Waals surface area (Å²) >= 11 is 0. The van der Waals surface area contributed by atoms with Crippen LogP contribution in [0.4, 0.5) is 0 Å². The molecule has 0 saturated heterocycles. The number of nitrogens with one attached hydrogen (secondary N) is 1. The summed E-state index contributed by atoms with van der Waals surface area (Å²) in [7, 11) is 0. The molecular weight excluding hydrogens is 198 g/mol. The summed E-state index contributed by atoms with van der Waals surface area (Å²) in [6, 6.07) is 0.602. The van der Waals surface area contributed by atoms with Gasteiger partial charge in [0.15, 0.2) is 0 Å². The molecule has 0 aliphatic carbocycles. The van der Waals surface area contributed by atoms with E-state index in [-0.39, 0.29) is 0 Å². The summed E-state index contributed by atoms with van der Waals surface area (Å²) < 4.78 is 2.24. The summed E-state index contributed by atoms with van der Waals surface area (Å²) in [6.45, 7) is 8.70. The van der Waals surface area contributed by atoms with Gasteiger partial charge in [-0.3, -0.25) is 0 Å². The van der Waals surface area contributed by atoms with Crippen molar-refractivity contribution < 1.29 is 0 Å². The van der Waals surface area contributed by atoms with E-state index < -0.39 is 0 Å². The fourth-order valence-corrected chi connectivity index (χ4v) is 1.83. The van der Waals surface area contributed by atoms with Gasteiger partial charge >= 0.3 is 0 Å². The van der Waals surface area contributed by atoms with Crippen molar-refractivity contribution in [1.29, 1.82) is 0 Å². The fourth-order valence-electron chi connectivity index (χ4n) is 1.83. The second-order valence-electron chi connectivity index (χ2n) is 4.50. The monoisotopic (exact) mass is 223 g/mol. The first-order chi connectivity index (χ1) is 7.77. The molecule has 0 spiro atoms. The van der Waals surface area contributed by atoms with Gasteiger partial charge in [0.25, 0.3) is 0 Å². The molecule has 0 saturated carbocycles. The Labute approximate surface area is 99.3 Å². The molecule has 1 atom stereocenters. The molecule has 0 amide bonds. The van der Waals surface area contributed by atoms with E-state index in [1.165, 1.54) is 25.0 Å². The molecule has 0 aliphatic heterocycles. The quantitative estimate of drug-likeness (QED) is 0.734. The number of aromatic nitrogens is 2. The Morgan fingerprint density at radius 3 is 2.88 bits per heavy atom. The number of rotatable bonds is 8. The van der Waals surface area contributed by atoms with Gasteiger partial charge in [0, 0.05) is 25.3 Å². The van der Waals surface area contributed by atoms with Crippen LogP contribution >= 0.6 is 0 Å². The summed E-state index contributed by atoms with van der Waals surface area (Å²) in [4.78, 5) is 4.20. The third-order valence-corrected chi connectivity index (χ3v) is 2.89. The van der Waals surface area contributed by atoms with Crippen LogP contribution in [0, 0.1) is 0 Å². The van der Waals surface area contributed by atoms with Crippen LogP contribution in [-0.2, 0) is 13.1 Å². The number of hydrogen-bond donors (Lipinski definition) is 1. The Balaban J connectivity index is 2.32. The van der Waals surface area contributed by atoms with Crippen molar-refractivity contribution in [3.8, 4) is 0 Å². The zero-order valence-corrected chi connectivity index (χ0v) is 10.9. The normalized spacial score (nSPS) is 12.9. The van der Waals surface area contributed by atoms with Crippen molar-refractivity contribution in [3.05, 3.63) is 18.2 Å². The van der Waals surface area contributed by atoms with Crippen LogP contribution in [0.25, 0.3) is 0 Å². The molecule has 16 heavy (non-hydrogen) atoms. The number of imidazole rings is 1. The van der Waals surface area contributed by atoms with E-state index in [0.717, 1.165) is 19.5 Å². The lowest BCUT2D eigenvalue weighted by atomic mass is 10.1. The van der Waals surface area contributed by atoms with Gasteiger partial charge in [0.1, 0.15) is 0 Å². The maximum atomic E-state index is 4.20. The molecule has 3 heteroatoms. The Kier molecular flexibility index (Phi) is 6.16. The lowest BCUT2D eigenvalue weighted by molar-refractivity contribution is 0.482. The molecule has 0 fully saturated rings. The highest BCUT2D eigenvalue weighted by molar-refractivity contribution is 4.98. The van der Waals surface area contributed by atoms with Gasteiger partial charge < -0.3 is 9.88 Å². The third-order valence-electron chi connectivity index (χ3n) is 2.89. The molecule has 0 aromatic carbocycles. The van der Waals surface area contributed by atoms with Gasteiger partial charge in [-0.05, 0) is 19.8 Å². The number of hydrogen-bond acceptors (Lipinski definition) is 2. The molecule has 92 valence electrons. The first-order valence-corrected chi connectivity index (χ1v) is 6.50. The van der Waals surface area contributed by atoms with Crippen LogP contribution in [0.15, 0.2) is 12.5 Å². The Morgan fingerprint density at radius 2 is 2.19 bits per heavy atom. The highest BCUT2D eigenvalue weighted by atomic mass is 15.1. The van der Waals surface area contributed by atoms with Gasteiger partial charge in [0.2, 0.25) is 0 Å². The highest BCUT2D eigenvalue weighted by Gasteiger charge is 2.04. The van der Waals surface area contributed by atoms with Gasteiger partial charge in [-0.25, -0.2) is 4.98 Å². The molecular formula is C13H25N3. The van der Waals surface area contributed by atoms with Gasteiger partial charge in [-0.2, -0.15) is 0 Å². The van der Waals surface area contributed by atoms with Crippen molar-refractivity contribution >= 4 is 0 Å². The van der Waals surface area contributed by atoms with E-state index >= 15 is 0 Å². The molecule has 0 aliphatic rings. The fraction of sp³-hybridized carbons (Fsp3) is 0.769. The van der Waals surface area contributed by atoms with Crippen molar-refractivity contribution in [2.45, 2.75) is 65.6 Å². The van der Waals surface area contributed by atoms with E-state index in [2.05, 4.69) is 35.6 Å². The largest absolute Gasteiger partial charge is 0.333 e. The van der Waals surface area contributed by atoms with E-state index in [4.69, 9.17) is 0 Å². The number of nitrogens with zero attached hydrogens (tertiary/aromatic N) is 2. The first kappa shape index (κ1) is 13.2. The average molecular weight is 223 g/mol. The van der Waals surface area contributed by atoms with Crippen LogP contribution < -0.4 is 5.32 Å². The smallest absolute Gasteiger partial charge is 0.0948 e. The van der Waals surface area contributed by atoms with Crippen molar-refractivity contribution in [3.63, 3.8) is 0 Å². The second-order valence-corrected chi connectivity index (χ2v) is 4.50. The lowest BCUT2D eigenvalue weighted by Gasteiger charge is -2.14. The predicted octanol–water partition coefficient (Wildman–Crippen LogP) is 2.96. The van der Waals surface area contributed by atoms with E-state index in [0.29, 0.717) is 6.04 Å². The molecule has 0 radical (unpaired) electrons. The summed E-state index contributed by atoms with van der Waals surface area (Å²) in [5.74, 6) is 0. The summed E-state index contributed by atoms with van der Waals surface area (Å²) in [5, 5.41) is 3.56. The molecule has 1 N–H and O–H groups in total. The zero-order valence-electron chi connectivity index (χ0n) is 10.9. The minimum absolute atomic E-state index is 0.602. The SMILES string of the molecule is CCCCC(C)NCc1cncn1CCC. The molecule has 1 rings (SSSR count). The standard InChI is InChI=1S/C13H25N3/c1-4-6-7-12(3)15-10-13-9-14-11-16(13)8-5-2/h9,11-12,15H,4-8,10H2,1-3H3. The number of aryl methyl sites for hydroxylation is 1. The molecule has 1 aromatic rings. The van der Waals surface area contributed by atoms with Crippen LogP contribution in [-0.4, -0.2) is 15.6 Å². The minimum Gasteiger partial charge on any atom is -0.333 e. The predicted molar refractivity (Wildman–Crippen MR) is 68.3 cm³/mol. The van der Waals surface area contributed by atoms with Gasteiger partial charge in [0.05, 0.1) is 12.0 Å². The Hall–Kier alpha value is -0.830. The molecule has 1 aromatic heterocycles. The zero-order chi connectivity index (χ0) is 11.8. The second kappa shape index (κ2) is 7.44. The van der Waals surface area contributed by atoms with E-state index in [9.17, 15) is 0 Å². The van der Waals surface area contributed by atoms with Crippen LogP contribution in [0.5, 0.6) is 0 Å². The van der Waals surface area contributed by atoms with Crippen LogP contribution in [0.2, 0.25) is 0 Å².